The molecule has 5 fully saturated rings. The highest BCUT2D eigenvalue weighted by atomic mass is 16.3. The van der Waals surface area contributed by atoms with Crippen LogP contribution in [0.3, 0.4) is 0 Å². The normalized spacial score (nSPS) is 32.2. The fourth-order valence-corrected chi connectivity index (χ4v) is 12.0. The molecule has 0 radical (unpaired) electrons. The maximum absolute atomic E-state index is 11.6. The van der Waals surface area contributed by atoms with Crippen LogP contribution in [-0.4, -0.2) is 205 Å². The molecule has 6 aliphatic rings. The highest BCUT2D eigenvalue weighted by Gasteiger charge is 2.46. The lowest BCUT2D eigenvalue weighted by Crippen LogP contribution is -2.34. The van der Waals surface area contributed by atoms with Crippen LogP contribution >= 0.6 is 0 Å². The molecule has 5 aromatic heterocycles. The van der Waals surface area contributed by atoms with E-state index in [1.807, 2.05) is 22.3 Å². The number of anilines is 4. The highest BCUT2D eigenvalue weighted by molar-refractivity contribution is 6.31. The molecule has 3 aliphatic heterocycles. The Morgan fingerprint density at radius 2 is 1.18 bits per heavy atom. The van der Waals surface area contributed by atoms with Crippen LogP contribution in [0.4, 0.5) is 23.5 Å². The first-order valence-corrected chi connectivity index (χ1v) is 25.9. The summed E-state index contributed by atoms with van der Waals surface area (Å²) in [5, 5.41) is 62.4. The fourth-order valence-electron chi connectivity index (χ4n) is 12.0. The molecule has 5 aromatic rings. The summed E-state index contributed by atoms with van der Waals surface area (Å²) in [4.78, 5) is 50.2. The summed E-state index contributed by atoms with van der Waals surface area (Å²) in [6.45, 7) is 7.30. The Kier molecular flexibility index (Phi) is 13.2. The number of imidazole rings is 2. The van der Waals surface area contributed by atoms with Crippen molar-refractivity contribution >= 4 is 57.8 Å². The molecule has 71 heavy (non-hydrogen) atoms. The van der Waals surface area contributed by atoms with Gasteiger partial charge in [0.15, 0.2) is 34.0 Å². The smallest absolute Gasteiger partial charge is 0.229 e. The number of aliphatic hydroxyl groups excluding tert-OH is 4. The van der Waals surface area contributed by atoms with Crippen LogP contribution in [0.25, 0.3) is 22.3 Å². The molecule has 0 bridgehead atoms. The second-order valence-electron chi connectivity index (χ2n) is 21.3. The van der Waals surface area contributed by atoms with Crippen LogP contribution in [-0.2, 0) is 6.42 Å². The molecule has 0 amide bonds. The second-order valence-corrected chi connectivity index (χ2v) is 21.3. The molecule has 23 heteroatoms. The third-order valence-corrected chi connectivity index (χ3v) is 16.5. The van der Waals surface area contributed by atoms with Crippen LogP contribution in [0, 0.1) is 5.92 Å². The molecule has 3 saturated carbocycles. The third kappa shape index (κ3) is 9.10. The van der Waals surface area contributed by atoms with Gasteiger partial charge in [-0.05, 0) is 105 Å². The van der Waals surface area contributed by atoms with E-state index in [0.717, 1.165) is 89.0 Å². The van der Waals surface area contributed by atoms with Crippen molar-refractivity contribution < 1.29 is 20.4 Å². The summed E-state index contributed by atoms with van der Waals surface area (Å²) in [5.41, 5.74) is 4.30. The minimum atomic E-state index is -1.08. The number of likely N-dealkylation sites (N-methyl/N-ethyl adjacent to an activating group) is 2. The number of aromatic nitrogens is 11. The number of hydrogen-bond acceptors (Lipinski definition) is 20. The Labute approximate surface area is 413 Å². The second kappa shape index (κ2) is 19.5. The molecule has 1 unspecified atom stereocenters. The van der Waals surface area contributed by atoms with E-state index in [2.05, 4.69) is 80.5 Å². The SMILES string of the molecule is CCC1=NC(C[C@H]2C[C@@H](n3cnc4c(NC5CCC(Nc6nc(N7CC[C@@H](N(C)C)C7)nc7c6ncn7[C@@H]6C[C@H](n7ncc(CC)n7)[C@@H](O)[C@H]6O)CC5)nc(N5CC[C@@H](N(C)C)C5)nc43)[C@H](O)[C@@H]2O)N=C1. The van der Waals surface area contributed by atoms with Gasteiger partial charge in [0.05, 0.1) is 48.4 Å². The van der Waals surface area contributed by atoms with Crippen LogP contribution in [0.2, 0.25) is 0 Å². The van der Waals surface area contributed by atoms with Crippen molar-refractivity contribution in [3.05, 3.63) is 24.5 Å². The number of aliphatic imine (C=N–C) groups is 2. The summed E-state index contributed by atoms with van der Waals surface area (Å²) in [6, 6.07) is -0.479. The number of rotatable bonds is 15. The van der Waals surface area contributed by atoms with E-state index in [-0.39, 0.29) is 24.2 Å². The predicted molar refractivity (Wildman–Crippen MR) is 270 cm³/mol. The van der Waals surface area contributed by atoms with Gasteiger partial charge in [-0.25, -0.2) is 9.97 Å². The molecule has 11 atom stereocenters. The lowest BCUT2D eigenvalue weighted by Gasteiger charge is -2.31. The van der Waals surface area contributed by atoms with Crippen molar-refractivity contribution in [2.75, 3.05) is 74.8 Å². The van der Waals surface area contributed by atoms with E-state index < -0.39 is 42.5 Å². The van der Waals surface area contributed by atoms with Crippen LogP contribution < -0.4 is 20.4 Å². The molecule has 8 heterocycles. The van der Waals surface area contributed by atoms with Gasteiger partial charge in [-0.3, -0.25) is 9.98 Å². The van der Waals surface area contributed by atoms with Crippen molar-refractivity contribution in [1.29, 1.82) is 0 Å². The van der Waals surface area contributed by atoms with E-state index >= 15 is 0 Å². The third-order valence-electron chi connectivity index (χ3n) is 16.5. The maximum Gasteiger partial charge on any atom is 0.229 e. The van der Waals surface area contributed by atoms with Gasteiger partial charge in [0.1, 0.15) is 30.5 Å². The van der Waals surface area contributed by atoms with Crippen molar-refractivity contribution in [3.8, 4) is 0 Å². The number of fused-ring (bicyclic) bond motifs is 2. The minimum Gasteiger partial charge on any atom is -0.390 e. The maximum atomic E-state index is 11.6. The van der Waals surface area contributed by atoms with Gasteiger partial charge in [0, 0.05) is 56.6 Å². The Bertz CT molecular complexity index is 2750. The number of nitrogens with zero attached hydrogens (tertiary/aromatic N) is 17. The first-order chi connectivity index (χ1) is 34.3. The summed E-state index contributed by atoms with van der Waals surface area (Å²) in [6.07, 6.45) is 11.2. The van der Waals surface area contributed by atoms with Gasteiger partial charge in [-0.1, -0.05) is 13.8 Å². The first kappa shape index (κ1) is 47.8. The minimum absolute atomic E-state index is 0.101. The standard InChI is InChI=1S/C48H71N19O4/c1-7-27-20-49-36(53-27)18-26-17-33(40(69)39(26)68)65-24-50-37-43(56-47(58-45(37)65)63-15-13-31(22-63)61(3)4)54-29-9-11-30(12-10-29)55-44-38-46(59-48(57-44)64-16-14-32(23-64)62(5)6)66(25-51-38)34-19-35(42(71)41(34)70)67-52-21-28(8-2)60-67/h20-21,24-26,29-36,39-42,68-71H,7-19,22-23H2,1-6H3,(H,54,56,58)(H,55,57,59)/t26-,29?,30?,31-,32-,33-,34-,35+,36?,39-,40+,41+,42-/m1/s1. The van der Waals surface area contributed by atoms with E-state index in [1.54, 1.807) is 18.9 Å². The zero-order valence-corrected chi connectivity index (χ0v) is 41.8. The summed E-state index contributed by atoms with van der Waals surface area (Å²) in [7, 11) is 8.43. The number of hydrogen-bond donors (Lipinski definition) is 6. The van der Waals surface area contributed by atoms with Gasteiger partial charge in [-0.2, -0.15) is 34.9 Å². The van der Waals surface area contributed by atoms with Crippen molar-refractivity contribution in [2.24, 2.45) is 15.9 Å². The Balaban J connectivity index is 0.832. The van der Waals surface area contributed by atoms with Gasteiger partial charge in [0.25, 0.3) is 0 Å². The summed E-state index contributed by atoms with van der Waals surface area (Å²) >= 11 is 0. The quantitative estimate of drug-likeness (QED) is 0.0878. The monoisotopic (exact) mass is 978 g/mol. The van der Waals surface area contributed by atoms with Crippen molar-refractivity contribution in [1.82, 2.24) is 63.8 Å². The highest BCUT2D eigenvalue weighted by Crippen LogP contribution is 2.43. The Morgan fingerprint density at radius 3 is 1.68 bits per heavy atom. The van der Waals surface area contributed by atoms with Crippen LogP contribution in [0.1, 0.15) is 102 Å². The summed E-state index contributed by atoms with van der Waals surface area (Å²) in [5.74, 6) is 2.39. The molecule has 382 valence electrons. The van der Waals surface area contributed by atoms with E-state index in [0.29, 0.717) is 77.2 Å². The molecule has 6 N–H and O–H groups in total. The van der Waals surface area contributed by atoms with Crippen LogP contribution in [0.15, 0.2) is 28.8 Å². The van der Waals surface area contributed by atoms with Crippen molar-refractivity contribution in [3.63, 3.8) is 0 Å². The largest absolute Gasteiger partial charge is 0.390 e. The predicted octanol–water partition coefficient (Wildman–Crippen LogP) is 2.08. The summed E-state index contributed by atoms with van der Waals surface area (Å²) < 4.78 is 3.85. The molecular weight excluding hydrogens is 907 g/mol. The molecule has 0 aromatic carbocycles. The topological polar surface area (TPSA) is 261 Å². The molecule has 0 spiro atoms. The fraction of sp³-hybridized carbons (Fsp3) is 0.708. The Morgan fingerprint density at radius 1 is 0.648 bits per heavy atom. The zero-order valence-electron chi connectivity index (χ0n) is 41.8. The average molecular weight is 978 g/mol. The van der Waals surface area contributed by atoms with Gasteiger partial charge in [-0.15, -0.1) is 0 Å². The molecule has 2 saturated heterocycles. The van der Waals surface area contributed by atoms with E-state index in [9.17, 15) is 20.4 Å². The average Bonchev–Trinajstić information content (AvgIpc) is 4.23. The van der Waals surface area contributed by atoms with E-state index in [1.165, 1.54) is 4.80 Å². The zero-order chi connectivity index (χ0) is 49.2. The van der Waals surface area contributed by atoms with Crippen molar-refractivity contribution in [2.45, 2.75) is 157 Å². The lowest BCUT2D eigenvalue weighted by atomic mass is 9.91. The van der Waals surface area contributed by atoms with Crippen LogP contribution in [0.5, 0.6) is 0 Å². The number of aryl methyl sites for hydroxylation is 1. The number of nitrogens with one attached hydrogen (secondary N) is 2. The van der Waals surface area contributed by atoms with Gasteiger partial charge >= 0.3 is 0 Å². The molecule has 23 nitrogen and oxygen atoms in total. The first-order valence-electron chi connectivity index (χ1n) is 25.9. The number of aliphatic hydroxyl groups is 4. The lowest BCUT2D eigenvalue weighted by molar-refractivity contribution is 0.00448. The molecular formula is C48H71N19O4. The van der Waals surface area contributed by atoms with Gasteiger partial charge in [0.2, 0.25) is 11.9 Å². The van der Waals surface area contributed by atoms with Gasteiger partial charge < -0.3 is 59.8 Å². The van der Waals surface area contributed by atoms with E-state index in [4.69, 9.17) is 34.9 Å². The Hall–Kier alpha value is -5.46. The molecule has 11 rings (SSSR count). The molecule has 3 aliphatic carbocycles.